The summed E-state index contributed by atoms with van der Waals surface area (Å²) in [5.74, 6) is -1.65. The molecule has 0 bridgehead atoms. The van der Waals surface area contributed by atoms with Crippen LogP contribution in [0.25, 0.3) is 22.2 Å². The summed E-state index contributed by atoms with van der Waals surface area (Å²) >= 11 is 0. The molecule has 4 rings (SSSR count). The van der Waals surface area contributed by atoms with E-state index in [9.17, 15) is 19.1 Å². The number of amides is 1. The molecule has 31 heavy (non-hydrogen) atoms. The van der Waals surface area contributed by atoms with E-state index >= 15 is 0 Å². The number of carbonyl (C=O) groups is 1. The van der Waals surface area contributed by atoms with Crippen molar-refractivity contribution in [3.05, 3.63) is 101 Å². The molecule has 3 aromatic heterocycles. The van der Waals surface area contributed by atoms with Crippen LogP contribution in [-0.2, 0) is 6.54 Å². The van der Waals surface area contributed by atoms with Gasteiger partial charge in [-0.3, -0.25) is 19.1 Å². The third-order valence-electron chi connectivity index (χ3n) is 4.77. The van der Waals surface area contributed by atoms with Gasteiger partial charge < -0.3 is 10.4 Å². The number of rotatable bonds is 5. The highest BCUT2D eigenvalue weighted by molar-refractivity contribution is 6.02. The fourth-order valence-corrected chi connectivity index (χ4v) is 3.30. The van der Waals surface area contributed by atoms with E-state index in [1.165, 1.54) is 22.9 Å². The molecule has 2 N–H and O–H groups in total. The van der Waals surface area contributed by atoms with Crippen molar-refractivity contribution in [3.63, 3.8) is 0 Å². The highest BCUT2D eigenvalue weighted by atomic mass is 19.1. The number of fused-ring (bicyclic) bond motifs is 1. The van der Waals surface area contributed by atoms with Crippen molar-refractivity contribution in [2.24, 2.45) is 0 Å². The van der Waals surface area contributed by atoms with Gasteiger partial charge in [-0.25, -0.2) is 9.37 Å². The molecule has 0 saturated heterocycles. The summed E-state index contributed by atoms with van der Waals surface area (Å²) < 4.78 is 14.6. The second-order valence-corrected chi connectivity index (χ2v) is 6.76. The van der Waals surface area contributed by atoms with Gasteiger partial charge in [-0.1, -0.05) is 24.8 Å². The van der Waals surface area contributed by atoms with Crippen LogP contribution in [0, 0.1) is 5.82 Å². The van der Waals surface area contributed by atoms with E-state index < -0.39 is 22.8 Å². The van der Waals surface area contributed by atoms with Gasteiger partial charge in [-0.15, -0.1) is 0 Å². The molecule has 0 fully saturated rings. The van der Waals surface area contributed by atoms with Crippen LogP contribution < -0.4 is 10.9 Å². The second-order valence-electron chi connectivity index (χ2n) is 6.76. The standard InChI is InChI=1S/C23H17FN4O3/c1-2-26-22(30)19-20(29)18-10-16(15-5-7-17(24)8-6-15)12-27-21(18)28(23(19)31)13-14-4-3-9-25-11-14/h2-12,29H,1,13H2,(H,26,30). The zero-order valence-corrected chi connectivity index (χ0v) is 16.2. The first-order chi connectivity index (χ1) is 15.0. The normalized spacial score (nSPS) is 10.7. The number of benzene rings is 1. The van der Waals surface area contributed by atoms with Crippen molar-refractivity contribution in [2.75, 3.05) is 0 Å². The minimum Gasteiger partial charge on any atom is -0.506 e. The molecule has 0 aliphatic carbocycles. The van der Waals surface area contributed by atoms with Crippen LogP contribution >= 0.6 is 0 Å². The third kappa shape index (κ3) is 3.78. The van der Waals surface area contributed by atoms with Gasteiger partial charge in [0.2, 0.25) is 0 Å². The highest BCUT2D eigenvalue weighted by Gasteiger charge is 2.23. The second kappa shape index (κ2) is 8.19. The number of hydrogen-bond acceptors (Lipinski definition) is 5. The topological polar surface area (TPSA) is 97.1 Å². The summed E-state index contributed by atoms with van der Waals surface area (Å²) in [5.41, 5.74) is 1.05. The smallest absolute Gasteiger partial charge is 0.269 e. The molecule has 0 atom stereocenters. The number of nitrogens with one attached hydrogen (secondary N) is 1. The van der Waals surface area contributed by atoms with E-state index in [2.05, 4.69) is 21.9 Å². The third-order valence-corrected chi connectivity index (χ3v) is 4.77. The van der Waals surface area contributed by atoms with E-state index in [0.717, 1.165) is 11.8 Å². The maximum atomic E-state index is 13.3. The molecule has 0 spiro atoms. The van der Waals surface area contributed by atoms with Crippen LogP contribution in [0.5, 0.6) is 5.75 Å². The molecule has 4 aromatic rings. The lowest BCUT2D eigenvalue weighted by atomic mass is 10.0. The number of carbonyl (C=O) groups excluding carboxylic acids is 1. The monoisotopic (exact) mass is 416 g/mol. The molecule has 0 saturated carbocycles. The molecule has 0 aliphatic rings. The Morgan fingerprint density at radius 3 is 2.65 bits per heavy atom. The first-order valence-corrected chi connectivity index (χ1v) is 9.31. The van der Waals surface area contributed by atoms with Gasteiger partial charge in [0.25, 0.3) is 11.5 Å². The Labute approximate surface area is 176 Å². The molecule has 0 unspecified atom stereocenters. The number of aromatic nitrogens is 3. The largest absolute Gasteiger partial charge is 0.506 e. The summed E-state index contributed by atoms with van der Waals surface area (Å²) in [4.78, 5) is 34.0. The van der Waals surface area contributed by atoms with Crippen molar-refractivity contribution in [1.29, 1.82) is 0 Å². The van der Waals surface area contributed by atoms with Crippen molar-refractivity contribution in [2.45, 2.75) is 6.54 Å². The van der Waals surface area contributed by atoms with Gasteiger partial charge in [0.1, 0.15) is 22.8 Å². The number of nitrogens with zero attached hydrogens (tertiary/aromatic N) is 3. The molecule has 154 valence electrons. The van der Waals surface area contributed by atoms with Crippen molar-refractivity contribution in [1.82, 2.24) is 19.9 Å². The Bertz CT molecular complexity index is 1350. The first-order valence-electron chi connectivity index (χ1n) is 9.31. The number of aromatic hydroxyl groups is 1. The van der Waals surface area contributed by atoms with Gasteiger partial charge in [-0.05, 0) is 41.6 Å². The number of hydrogen-bond donors (Lipinski definition) is 2. The number of pyridine rings is 3. The SMILES string of the molecule is C=CNC(=O)c1c(O)c2cc(-c3ccc(F)cc3)cnc2n(Cc2cccnc2)c1=O. The van der Waals surface area contributed by atoms with Crippen LogP contribution in [0.2, 0.25) is 0 Å². The lowest BCUT2D eigenvalue weighted by molar-refractivity contribution is 0.0966. The van der Waals surface area contributed by atoms with Crippen molar-refractivity contribution >= 4 is 16.9 Å². The molecule has 0 aliphatic heterocycles. The summed E-state index contributed by atoms with van der Waals surface area (Å²) in [6.07, 6.45) is 5.86. The molecule has 1 amide bonds. The summed E-state index contributed by atoms with van der Waals surface area (Å²) in [5, 5.41) is 13.3. The zero-order valence-electron chi connectivity index (χ0n) is 16.2. The lowest BCUT2D eigenvalue weighted by Crippen LogP contribution is -2.32. The predicted molar refractivity (Wildman–Crippen MR) is 114 cm³/mol. The Hall–Kier alpha value is -4.33. The van der Waals surface area contributed by atoms with Gasteiger partial charge >= 0.3 is 0 Å². The Morgan fingerprint density at radius 2 is 1.97 bits per heavy atom. The quantitative estimate of drug-likeness (QED) is 0.521. The van der Waals surface area contributed by atoms with Gasteiger partial charge in [0, 0.05) is 24.2 Å². The van der Waals surface area contributed by atoms with Crippen molar-refractivity contribution < 1.29 is 14.3 Å². The minimum absolute atomic E-state index is 0.0979. The molecule has 3 heterocycles. The predicted octanol–water partition coefficient (Wildman–Crippen LogP) is 3.22. The summed E-state index contributed by atoms with van der Waals surface area (Å²) in [6, 6.07) is 10.9. The van der Waals surface area contributed by atoms with E-state index in [1.807, 2.05) is 0 Å². The molecule has 0 radical (unpaired) electrons. The maximum Gasteiger partial charge on any atom is 0.269 e. The fraction of sp³-hybridized carbons (Fsp3) is 0.0435. The zero-order chi connectivity index (χ0) is 22.0. The Kier molecular flexibility index (Phi) is 5.28. The van der Waals surface area contributed by atoms with E-state index in [-0.39, 0.29) is 23.4 Å². The van der Waals surface area contributed by atoms with Crippen LogP contribution in [-0.4, -0.2) is 25.5 Å². The van der Waals surface area contributed by atoms with Gasteiger partial charge in [0.15, 0.2) is 0 Å². The molecule has 7 nitrogen and oxygen atoms in total. The Balaban J connectivity index is 1.98. The van der Waals surface area contributed by atoms with Crippen LogP contribution in [0.4, 0.5) is 4.39 Å². The van der Waals surface area contributed by atoms with Gasteiger partial charge in [0.05, 0.1) is 11.9 Å². The Morgan fingerprint density at radius 1 is 1.19 bits per heavy atom. The molecule has 8 heteroatoms. The molecule has 1 aromatic carbocycles. The van der Waals surface area contributed by atoms with Gasteiger partial charge in [-0.2, -0.15) is 0 Å². The maximum absolute atomic E-state index is 13.3. The van der Waals surface area contributed by atoms with Crippen molar-refractivity contribution in [3.8, 4) is 16.9 Å². The first kappa shape index (κ1) is 20.0. The average Bonchev–Trinajstić information content (AvgIpc) is 2.78. The fourth-order valence-electron chi connectivity index (χ4n) is 3.30. The lowest BCUT2D eigenvalue weighted by Gasteiger charge is -2.15. The van der Waals surface area contributed by atoms with E-state index in [0.29, 0.717) is 11.1 Å². The van der Waals surface area contributed by atoms with Crippen LogP contribution in [0.15, 0.2) is 78.6 Å². The molecular weight excluding hydrogens is 399 g/mol. The molecular formula is C23H17FN4O3. The van der Waals surface area contributed by atoms with Crippen LogP contribution in [0.1, 0.15) is 15.9 Å². The number of halogens is 1. The summed E-state index contributed by atoms with van der Waals surface area (Å²) in [6.45, 7) is 3.52. The highest BCUT2D eigenvalue weighted by Crippen LogP contribution is 2.30. The minimum atomic E-state index is -0.786. The summed E-state index contributed by atoms with van der Waals surface area (Å²) in [7, 11) is 0. The average molecular weight is 416 g/mol. The van der Waals surface area contributed by atoms with Crippen LogP contribution in [0.3, 0.4) is 0 Å². The van der Waals surface area contributed by atoms with E-state index in [4.69, 9.17) is 0 Å². The van der Waals surface area contributed by atoms with E-state index in [1.54, 1.807) is 42.7 Å².